The summed E-state index contributed by atoms with van der Waals surface area (Å²) in [6, 6.07) is 18.1. The van der Waals surface area contributed by atoms with Crippen molar-refractivity contribution in [2.45, 2.75) is 23.1 Å². The van der Waals surface area contributed by atoms with Crippen LogP contribution in [0.3, 0.4) is 0 Å². The topological polar surface area (TPSA) is 26.0 Å². The molecule has 2 atom stereocenters. The molecule has 0 fully saturated rings. The molecule has 0 heterocycles. The molecule has 18 heavy (non-hydrogen) atoms. The van der Waals surface area contributed by atoms with Gasteiger partial charge in [-0.3, -0.25) is 0 Å². The van der Waals surface area contributed by atoms with Crippen LogP contribution < -0.4 is 5.73 Å². The van der Waals surface area contributed by atoms with Gasteiger partial charge in [0, 0.05) is 21.2 Å². The standard InChI is InChI=1S/C15H16ClNS/c1-11(18-14-5-3-2-4-6-14)15(17)12-7-9-13(16)10-8-12/h2-11,15H,17H2,1H3/t11-,15-/m0/s1. The van der Waals surface area contributed by atoms with E-state index in [-0.39, 0.29) is 6.04 Å². The van der Waals surface area contributed by atoms with Gasteiger partial charge in [-0.25, -0.2) is 0 Å². The third-order valence-corrected chi connectivity index (χ3v) is 4.29. The van der Waals surface area contributed by atoms with E-state index in [0.29, 0.717) is 5.25 Å². The number of nitrogens with two attached hydrogens (primary N) is 1. The van der Waals surface area contributed by atoms with Crippen molar-refractivity contribution < 1.29 is 0 Å². The Morgan fingerprint density at radius 2 is 1.61 bits per heavy atom. The predicted molar refractivity (Wildman–Crippen MR) is 80.1 cm³/mol. The predicted octanol–water partition coefficient (Wildman–Crippen LogP) is 4.52. The fourth-order valence-corrected chi connectivity index (χ4v) is 2.92. The Hall–Kier alpha value is -0.960. The number of hydrogen-bond acceptors (Lipinski definition) is 2. The van der Waals surface area contributed by atoms with Crippen molar-refractivity contribution in [3.05, 3.63) is 65.2 Å². The minimum Gasteiger partial charge on any atom is -0.323 e. The Bertz CT molecular complexity index is 484. The lowest BCUT2D eigenvalue weighted by Gasteiger charge is -2.20. The fourth-order valence-electron chi connectivity index (χ4n) is 1.74. The first-order valence-electron chi connectivity index (χ1n) is 5.89. The average molecular weight is 278 g/mol. The summed E-state index contributed by atoms with van der Waals surface area (Å²) >= 11 is 7.67. The van der Waals surface area contributed by atoms with Gasteiger partial charge in [0.15, 0.2) is 0 Å². The molecule has 0 aliphatic rings. The van der Waals surface area contributed by atoms with E-state index in [0.717, 1.165) is 10.6 Å². The molecule has 0 spiro atoms. The second-order valence-electron chi connectivity index (χ2n) is 4.21. The van der Waals surface area contributed by atoms with Crippen LogP contribution in [0.2, 0.25) is 5.02 Å². The zero-order chi connectivity index (χ0) is 13.0. The summed E-state index contributed by atoms with van der Waals surface area (Å²) in [5.41, 5.74) is 7.39. The normalized spacial score (nSPS) is 14.2. The molecule has 2 N–H and O–H groups in total. The molecule has 94 valence electrons. The molecule has 2 aromatic rings. The summed E-state index contributed by atoms with van der Waals surface area (Å²) in [5.74, 6) is 0. The SMILES string of the molecule is C[C@H](Sc1ccccc1)[C@H](N)c1ccc(Cl)cc1. The minimum absolute atomic E-state index is 0.00692. The molecule has 2 rings (SSSR count). The van der Waals surface area contributed by atoms with Gasteiger partial charge in [-0.05, 0) is 29.8 Å². The summed E-state index contributed by atoms with van der Waals surface area (Å²) in [6.45, 7) is 2.15. The fraction of sp³-hybridized carbons (Fsp3) is 0.200. The molecule has 0 aliphatic heterocycles. The highest BCUT2D eigenvalue weighted by Gasteiger charge is 2.15. The first kappa shape index (κ1) is 13.5. The zero-order valence-corrected chi connectivity index (χ0v) is 11.8. The second-order valence-corrected chi connectivity index (χ2v) is 6.10. The third kappa shape index (κ3) is 3.52. The van der Waals surface area contributed by atoms with E-state index in [1.807, 2.05) is 42.5 Å². The molecule has 0 saturated carbocycles. The molecule has 3 heteroatoms. The Morgan fingerprint density at radius 3 is 2.22 bits per heavy atom. The van der Waals surface area contributed by atoms with Crippen LogP contribution in [0.25, 0.3) is 0 Å². The molecule has 2 aromatic carbocycles. The van der Waals surface area contributed by atoms with Crippen LogP contribution in [0, 0.1) is 0 Å². The number of hydrogen-bond donors (Lipinski definition) is 1. The van der Waals surface area contributed by atoms with E-state index < -0.39 is 0 Å². The largest absolute Gasteiger partial charge is 0.323 e. The van der Waals surface area contributed by atoms with Crippen LogP contribution in [0.5, 0.6) is 0 Å². The summed E-state index contributed by atoms with van der Waals surface area (Å²) in [4.78, 5) is 1.24. The highest BCUT2D eigenvalue weighted by atomic mass is 35.5. The quantitative estimate of drug-likeness (QED) is 0.832. The number of thioether (sulfide) groups is 1. The van der Waals surface area contributed by atoms with Crippen molar-refractivity contribution in [3.63, 3.8) is 0 Å². The van der Waals surface area contributed by atoms with Crippen LogP contribution in [0.4, 0.5) is 0 Å². The lowest BCUT2D eigenvalue weighted by molar-refractivity contribution is 0.715. The van der Waals surface area contributed by atoms with Crippen LogP contribution in [0.15, 0.2) is 59.5 Å². The van der Waals surface area contributed by atoms with Gasteiger partial charge < -0.3 is 5.73 Å². The highest BCUT2D eigenvalue weighted by Crippen LogP contribution is 2.30. The highest BCUT2D eigenvalue weighted by molar-refractivity contribution is 8.00. The van der Waals surface area contributed by atoms with Crippen LogP contribution >= 0.6 is 23.4 Å². The van der Waals surface area contributed by atoms with Crippen molar-refractivity contribution in [2.75, 3.05) is 0 Å². The minimum atomic E-state index is 0.00692. The van der Waals surface area contributed by atoms with Gasteiger partial charge in [0.25, 0.3) is 0 Å². The lowest BCUT2D eigenvalue weighted by atomic mass is 10.1. The molecule has 0 aliphatic carbocycles. The van der Waals surface area contributed by atoms with Crippen molar-refractivity contribution in [2.24, 2.45) is 5.73 Å². The van der Waals surface area contributed by atoms with E-state index in [9.17, 15) is 0 Å². The van der Waals surface area contributed by atoms with Crippen molar-refractivity contribution >= 4 is 23.4 Å². The molecular weight excluding hydrogens is 262 g/mol. The van der Waals surface area contributed by atoms with Crippen molar-refractivity contribution in [1.29, 1.82) is 0 Å². The Labute approximate surface area is 117 Å². The van der Waals surface area contributed by atoms with E-state index in [1.54, 1.807) is 11.8 Å². The van der Waals surface area contributed by atoms with Crippen LogP contribution in [-0.2, 0) is 0 Å². The van der Waals surface area contributed by atoms with Crippen LogP contribution in [-0.4, -0.2) is 5.25 Å². The van der Waals surface area contributed by atoms with E-state index in [1.165, 1.54) is 4.90 Å². The first-order valence-corrected chi connectivity index (χ1v) is 7.15. The van der Waals surface area contributed by atoms with Gasteiger partial charge in [0.1, 0.15) is 0 Å². The third-order valence-electron chi connectivity index (χ3n) is 2.83. The number of rotatable bonds is 4. The number of halogens is 1. The number of benzene rings is 2. The van der Waals surface area contributed by atoms with Gasteiger partial charge >= 0.3 is 0 Å². The van der Waals surface area contributed by atoms with Gasteiger partial charge in [0.05, 0.1) is 0 Å². The average Bonchev–Trinajstić information content (AvgIpc) is 2.40. The molecular formula is C15H16ClNS. The summed E-state index contributed by atoms with van der Waals surface area (Å²) in [7, 11) is 0. The Kier molecular flexibility index (Phi) is 4.70. The molecule has 0 saturated heterocycles. The molecule has 1 nitrogen and oxygen atoms in total. The first-order chi connectivity index (χ1) is 8.66. The van der Waals surface area contributed by atoms with Gasteiger partial charge in [-0.2, -0.15) is 0 Å². The van der Waals surface area contributed by atoms with Crippen LogP contribution in [0.1, 0.15) is 18.5 Å². The Balaban J connectivity index is 2.05. The molecule has 0 radical (unpaired) electrons. The summed E-state index contributed by atoms with van der Waals surface area (Å²) in [6.07, 6.45) is 0. The molecule has 0 bridgehead atoms. The monoisotopic (exact) mass is 277 g/mol. The van der Waals surface area contributed by atoms with Crippen molar-refractivity contribution in [1.82, 2.24) is 0 Å². The smallest absolute Gasteiger partial charge is 0.0416 e. The Morgan fingerprint density at radius 1 is 1.00 bits per heavy atom. The summed E-state index contributed by atoms with van der Waals surface area (Å²) in [5, 5.41) is 1.06. The van der Waals surface area contributed by atoms with Crippen molar-refractivity contribution in [3.8, 4) is 0 Å². The lowest BCUT2D eigenvalue weighted by Crippen LogP contribution is -2.20. The zero-order valence-electron chi connectivity index (χ0n) is 10.2. The summed E-state index contributed by atoms with van der Waals surface area (Å²) < 4.78 is 0. The van der Waals surface area contributed by atoms with E-state index >= 15 is 0 Å². The maximum absolute atomic E-state index is 6.27. The molecule has 0 unspecified atom stereocenters. The van der Waals surface area contributed by atoms with E-state index in [4.69, 9.17) is 17.3 Å². The van der Waals surface area contributed by atoms with Gasteiger partial charge in [-0.1, -0.05) is 48.9 Å². The maximum atomic E-state index is 6.27. The van der Waals surface area contributed by atoms with E-state index in [2.05, 4.69) is 19.1 Å². The van der Waals surface area contributed by atoms with Gasteiger partial charge in [0.2, 0.25) is 0 Å². The maximum Gasteiger partial charge on any atom is 0.0416 e. The van der Waals surface area contributed by atoms with Gasteiger partial charge in [-0.15, -0.1) is 11.8 Å². The molecule has 0 amide bonds. The second kappa shape index (κ2) is 6.28. The molecule has 0 aromatic heterocycles.